The Balaban J connectivity index is 2.16. The summed E-state index contributed by atoms with van der Waals surface area (Å²) in [5.74, 6) is -2.95. The molecule has 1 fully saturated rings. The van der Waals surface area contributed by atoms with Crippen LogP contribution in [0.25, 0.3) is 0 Å². The standard InChI is InChI=1S/C15H22F3N3/c1-10(2)20-3-5-21(6-4-20)15(9-19)11-7-13(17)14(18)8-12(11)16/h7-8,10,15H,3-6,9,19H2,1-2H3. The predicted octanol–water partition coefficient (Wildman–Crippen LogP) is 2.13. The molecule has 1 aromatic rings. The second-order valence-electron chi connectivity index (χ2n) is 5.71. The smallest absolute Gasteiger partial charge is 0.161 e. The van der Waals surface area contributed by atoms with E-state index >= 15 is 0 Å². The van der Waals surface area contributed by atoms with Crippen molar-refractivity contribution in [3.63, 3.8) is 0 Å². The molecule has 6 heteroatoms. The van der Waals surface area contributed by atoms with Gasteiger partial charge >= 0.3 is 0 Å². The normalized spacial score (nSPS) is 19.2. The van der Waals surface area contributed by atoms with Crippen molar-refractivity contribution in [3.05, 3.63) is 35.1 Å². The fourth-order valence-electron chi connectivity index (χ4n) is 2.83. The summed E-state index contributed by atoms with van der Waals surface area (Å²) in [6.45, 7) is 7.62. The Kier molecular flexibility index (Phi) is 5.24. The number of nitrogens with zero attached hydrogens (tertiary/aromatic N) is 2. The van der Waals surface area contributed by atoms with Crippen molar-refractivity contribution in [2.75, 3.05) is 32.7 Å². The molecule has 1 aromatic carbocycles. The predicted molar refractivity (Wildman–Crippen MR) is 76.4 cm³/mol. The summed E-state index contributed by atoms with van der Waals surface area (Å²) < 4.78 is 40.4. The van der Waals surface area contributed by atoms with Gasteiger partial charge in [0.2, 0.25) is 0 Å². The molecule has 0 aromatic heterocycles. The number of benzene rings is 1. The van der Waals surface area contributed by atoms with Crippen molar-refractivity contribution >= 4 is 0 Å². The van der Waals surface area contributed by atoms with Crippen molar-refractivity contribution in [1.29, 1.82) is 0 Å². The summed E-state index contributed by atoms with van der Waals surface area (Å²) in [5.41, 5.74) is 5.88. The maximum atomic E-state index is 13.9. The Labute approximate surface area is 123 Å². The molecule has 1 unspecified atom stereocenters. The number of rotatable bonds is 4. The van der Waals surface area contributed by atoms with E-state index in [0.29, 0.717) is 12.1 Å². The first kappa shape index (κ1) is 16.3. The molecule has 2 N–H and O–H groups in total. The number of nitrogens with two attached hydrogens (primary N) is 1. The molecule has 0 bridgehead atoms. The molecule has 3 nitrogen and oxygen atoms in total. The molecule has 0 saturated carbocycles. The lowest BCUT2D eigenvalue weighted by Gasteiger charge is -2.40. The number of hydrogen-bond acceptors (Lipinski definition) is 3. The summed E-state index contributed by atoms with van der Waals surface area (Å²) in [6, 6.07) is 1.56. The number of halogens is 3. The Morgan fingerprint density at radius 3 is 2.00 bits per heavy atom. The summed E-state index contributed by atoms with van der Waals surface area (Å²) in [6.07, 6.45) is 0. The molecule has 0 aliphatic carbocycles. The second kappa shape index (κ2) is 6.77. The fraction of sp³-hybridized carbons (Fsp3) is 0.600. The van der Waals surface area contributed by atoms with Gasteiger partial charge in [0.25, 0.3) is 0 Å². The van der Waals surface area contributed by atoms with Crippen LogP contribution in [-0.4, -0.2) is 48.6 Å². The zero-order valence-corrected chi connectivity index (χ0v) is 12.5. The van der Waals surface area contributed by atoms with E-state index in [-0.39, 0.29) is 12.1 Å². The van der Waals surface area contributed by atoms with Gasteiger partial charge in [-0.25, -0.2) is 13.2 Å². The minimum atomic E-state index is -1.17. The van der Waals surface area contributed by atoms with Crippen LogP contribution in [0.1, 0.15) is 25.5 Å². The monoisotopic (exact) mass is 301 g/mol. The molecule has 1 atom stereocenters. The van der Waals surface area contributed by atoms with E-state index < -0.39 is 23.5 Å². The molecule has 0 spiro atoms. The molecule has 1 heterocycles. The van der Waals surface area contributed by atoms with Gasteiger partial charge in [0, 0.05) is 50.4 Å². The molecular formula is C15H22F3N3. The molecule has 1 aliphatic heterocycles. The van der Waals surface area contributed by atoms with Gasteiger partial charge in [-0.1, -0.05) is 0 Å². The lowest BCUT2D eigenvalue weighted by atomic mass is 10.0. The van der Waals surface area contributed by atoms with Gasteiger partial charge in [0.05, 0.1) is 6.04 Å². The van der Waals surface area contributed by atoms with E-state index in [1.165, 1.54) is 0 Å². The molecule has 118 valence electrons. The highest BCUT2D eigenvalue weighted by atomic mass is 19.2. The first-order valence-electron chi connectivity index (χ1n) is 7.26. The molecule has 1 aliphatic rings. The maximum absolute atomic E-state index is 13.9. The Hall–Kier alpha value is -1.11. The van der Waals surface area contributed by atoms with Gasteiger partial charge in [0.15, 0.2) is 11.6 Å². The van der Waals surface area contributed by atoms with Crippen LogP contribution < -0.4 is 5.73 Å². The highest BCUT2D eigenvalue weighted by molar-refractivity contribution is 5.24. The van der Waals surface area contributed by atoms with E-state index in [0.717, 1.165) is 32.2 Å². The Morgan fingerprint density at radius 1 is 0.952 bits per heavy atom. The lowest BCUT2D eigenvalue weighted by molar-refractivity contribution is 0.0789. The molecule has 21 heavy (non-hydrogen) atoms. The Morgan fingerprint density at radius 2 is 1.48 bits per heavy atom. The van der Waals surface area contributed by atoms with Crippen molar-refractivity contribution in [2.45, 2.75) is 25.9 Å². The average Bonchev–Trinajstić information content (AvgIpc) is 2.45. The molecule has 0 radical (unpaired) electrons. The van der Waals surface area contributed by atoms with E-state index in [1.807, 2.05) is 4.90 Å². The zero-order chi connectivity index (χ0) is 15.6. The van der Waals surface area contributed by atoms with Gasteiger partial charge in [-0.15, -0.1) is 0 Å². The van der Waals surface area contributed by atoms with Crippen LogP contribution in [-0.2, 0) is 0 Å². The third-order valence-corrected chi connectivity index (χ3v) is 4.14. The van der Waals surface area contributed by atoms with Crippen LogP contribution in [0.3, 0.4) is 0 Å². The van der Waals surface area contributed by atoms with Crippen LogP contribution in [0.5, 0.6) is 0 Å². The average molecular weight is 301 g/mol. The van der Waals surface area contributed by atoms with Crippen LogP contribution in [0, 0.1) is 17.5 Å². The minimum absolute atomic E-state index is 0.134. The van der Waals surface area contributed by atoms with Gasteiger partial charge in [-0.05, 0) is 19.9 Å². The summed E-state index contributed by atoms with van der Waals surface area (Å²) in [5, 5.41) is 0. The SMILES string of the molecule is CC(C)N1CCN(C(CN)c2cc(F)c(F)cc2F)CC1. The third-order valence-electron chi connectivity index (χ3n) is 4.14. The van der Waals surface area contributed by atoms with Crippen LogP contribution >= 0.6 is 0 Å². The molecule has 2 rings (SSSR count). The Bertz CT molecular complexity index is 485. The zero-order valence-electron chi connectivity index (χ0n) is 12.5. The quantitative estimate of drug-likeness (QED) is 0.865. The maximum Gasteiger partial charge on any atom is 0.161 e. The lowest BCUT2D eigenvalue weighted by Crippen LogP contribution is -2.51. The highest BCUT2D eigenvalue weighted by Crippen LogP contribution is 2.26. The topological polar surface area (TPSA) is 32.5 Å². The summed E-state index contributed by atoms with van der Waals surface area (Å²) in [4.78, 5) is 4.36. The van der Waals surface area contributed by atoms with Gasteiger partial charge in [-0.3, -0.25) is 9.80 Å². The van der Waals surface area contributed by atoms with Gasteiger partial charge < -0.3 is 5.73 Å². The van der Waals surface area contributed by atoms with E-state index in [2.05, 4.69) is 18.7 Å². The molecule has 0 amide bonds. The van der Waals surface area contributed by atoms with Crippen molar-refractivity contribution in [3.8, 4) is 0 Å². The van der Waals surface area contributed by atoms with E-state index in [1.54, 1.807) is 0 Å². The largest absolute Gasteiger partial charge is 0.329 e. The van der Waals surface area contributed by atoms with Crippen LogP contribution in [0.15, 0.2) is 12.1 Å². The second-order valence-corrected chi connectivity index (χ2v) is 5.71. The third kappa shape index (κ3) is 3.56. The van der Waals surface area contributed by atoms with E-state index in [9.17, 15) is 13.2 Å². The first-order chi connectivity index (χ1) is 9.93. The van der Waals surface area contributed by atoms with Crippen LogP contribution in [0.4, 0.5) is 13.2 Å². The van der Waals surface area contributed by atoms with Gasteiger partial charge in [-0.2, -0.15) is 0 Å². The first-order valence-corrected chi connectivity index (χ1v) is 7.26. The molecular weight excluding hydrogens is 279 g/mol. The minimum Gasteiger partial charge on any atom is -0.329 e. The van der Waals surface area contributed by atoms with E-state index in [4.69, 9.17) is 5.73 Å². The van der Waals surface area contributed by atoms with Gasteiger partial charge in [0.1, 0.15) is 5.82 Å². The highest BCUT2D eigenvalue weighted by Gasteiger charge is 2.27. The van der Waals surface area contributed by atoms with Crippen LogP contribution in [0.2, 0.25) is 0 Å². The molecule has 1 saturated heterocycles. The van der Waals surface area contributed by atoms with Crippen molar-refractivity contribution in [2.24, 2.45) is 5.73 Å². The summed E-state index contributed by atoms with van der Waals surface area (Å²) >= 11 is 0. The number of hydrogen-bond donors (Lipinski definition) is 1. The summed E-state index contributed by atoms with van der Waals surface area (Å²) in [7, 11) is 0. The van der Waals surface area contributed by atoms with Crippen molar-refractivity contribution in [1.82, 2.24) is 9.80 Å². The number of piperazine rings is 1. The van der Waals surface area contributed by atoms with Crippen molar-refractivity contribution < 1.29 is 13.2 Å². The fourth-order valence-corrected chi connectivity index (χ4v) is 2.83.